The number of amides is 1. The minimum absolute atomic E-state index is 0.0739. The number of hydrogen-bond donors (Lipinski definition) is 3. The van der Waals surface area contributed by atoms with Crippen LogP contribution in [0.5, 0.6) is 5.75 Å². The summed E-state index contributed by atoms with van der Waals surface area (Å²) in [7, 11) is 0. The molecule has 1 atom stereocenters. The Kier molecular flexibility index (Phi) is 6.14. The van der Waals surface area contributed by atoms with Gasteiger partial charge in [0.15, 0.2) is 5.11 Å². The zero-order chi connectivity index (χ0) is 17.5. The molecule has 3 N–H and O–H groups in total. The number of carbonyl (C=O) groups excluding carboxylic acids is 1. The van der Waals surface area contributed by atoms with Gasteiger partial charge in [0.05, 0.1) is 12.0 Å². The molecule has 1 aromatic carbocycles. The number of hydrogen-bond acceptors (Lipinski definition) is 4. The van der Waals surface area contributed by atoms with E-state index in [1.807, 2.05) is 12.1 Å². The molecule has 0 aliphatic heterocycles. The van der Waals surface area contributed by atoms with Crippen molar-refractivity contribution in [2.75, 3.05) is 5.32 Å². The number of nitrogens with one attached hydrogen (secondary N) is 2. The predicted octanol–water partition coefficient (Wildman–Crippen LogP) is 4.03. The van der Waals surface area contributed by atoms with Gasteiger partial charge in [-0.15, -0.1) is 0 Å². The Morgan fingerprint density at radius 2 is 2.21 bits per heavy atom. The summed E-state index contributed by atoms with van der Waals surface area (Å²) in [5.41, 5.74) is 1.55. The molecular weight excluding hydrogens is 324 g/mol. The predicted molar refractivity (Wildman–Crippen MR) is 98.9 cm³/mol. The Bertz CT molecular complexity index is 739. The number of furan rings is 1. The first-order chi connectivity index (χ1) is 11.5. The lowest BCUT2D eigenvalue weighted by atomic mass is 9.98. The lowest BCUT2D eigenvalue weighted by molar-refractivity contribution is -0.115. The van der Waals surface area contributed by atoms with Crippen molar-refractivity contribution in [3.05, 3.63) is 54.0 Å². The number of rotatable bonds is 5. The quantitative estimate of drug-likeness (QED) is 0.434. The molecule has 0 radical (unpaired) electrons. The Hall–Kier alpha value is -2.60. The fraction of sp³-hybridized carbons (Fsp3) is 0.222. The SMILES string of the molecule is CC[C@@H](C)c1ccc(O)c(NC(=S)NC(=O)/C=C/c2ccco2)c1. The van der Waals surface area contributed by atoms with Gasteiger partial charge in [0.2, 0.25) is 5.91 Å². The highest BCUT2D eigenvalue weighted by molar-refractivity contribution is 7.80. The van der Waals surface area contributed by atoms with Crippen LogP contribution in [0.3, 0.4) is 0 Å². The van der Waals surface area contributed by atoms with Crippen LogP contribution in [0.2, 0.25) is 0 Å². The van der Waals surface area contributed by atoms with Gasteiger partial charge in [-0.1, -0.05) is 19.9 Å². The van der Waals surface area contributed by atoms with Gasteiger partial charge in [-0.2, -0.15) is 0 Å². The second kappa shape index (κ2) is 8.31. The molecule has 2 aromatic rings. The van der Waals surface area contributed by atoms with Crippen molar-refractivity contribution in [1.82, 2.24) is 5.32 Å². The molecule has 0 aliphatic rings. The van der Waals surface area contributed by atoms with Crippen LogP contribution < -0.4 is 10.6 Å². The summed E-state index contributed by atoms with van der Waals surface area (Å²) in [6.45, 7) is 4.20. The van der Waals surface area contributed by atoms with Crippen molar-refractivity contribution in [3.63, 3.8) is 0 Å². The highest BCUT2D eigenvalue weighted by atomic mass is 32.1. The smallest absolute Gasteiger partial charge is 0.250 e. The van der Waals surface area contributed by atoms with Crippen LogP contribution in [0, 0.1) is 0 Å². The third-order valence-electron chi connectivity index (χ3n) is 3.63. The normalized spacial score (nSPS) is 12.1. The average Bonchev–Trinajstić information content (AvgIpc) is 3.07. The molecule has 0 fully saturated rings. The van der Waals surface area contributed by atoms with E-state index in [0.29, 0.717) is 17.4 Å². The molecule has 1 heterocycles. The van der Waals surface area contributed by atoms with E-state index in [4.69, 9.17) is 16.6 Å². The molecule has 5 nitrogen and oxygen atoms in total. The molecule has 1 amide bonds. The molecule has 2 rings (SSSR count). The maximum Gasteiger partial charge on any atom is 0.250 e. The molecule has 0 bridgehead atoms. The molecule has 0 saturated heterocycles. The first kappa shape index (κ1) is 17.7. The van der Waals surface area contributed by atoms with E-state index in [9.17, 15) is 9.90 Å². The van der Waals surface area contributed by atoms with E-state index in [-0.39, 0.29) is 16.8 Å². The maximum atomic E-state index is 11.8. The summed E-state index contributed by atoms with van der Waals surface area (Å²) in [6, 6.07) is 8.80. The molecule has 0 unspecified atom stereocenters. The van der Waals surface area contributed by atoms with Crippen LogP contribution in [-0.4, -0.2) is 16.1 Å². The Morgan fingerprint density at radius 1 is 1.42 bits per heavy atom. The molecule has 0 spiro atoms. The topological polar surface area (TPSA) is 74.5 Å². The summed E-state index contributed by atoms with van der Waals surface area (Å²) in [5.74, 6) is 0.625. The zero-order valence-corrected chi connectivity index (χ0v) is 14.4. The standard InChI is InChI=1S/C18H20N2O3S/c1-3-12(2)13-6-8-16(21)15(11-13)19-18(24)20-17(22)9-7-14-5-4-10-23-14/h4-12,21H,3H2,1-2H3,(H2,19,20,22,24)/b9-7+/t12-/m1/s1. The van der Waals surface area contributed by atoms with Crippen LogP contribution in [0.4, 0.5) is 5.69 Å². The fourth-order valence-corrected chi connectivity index (χ4v) is 2.26. The van der Waals surface area contributed by atoms with Crippen molar-refractivity contribution in [2.24, 2.45) is 0 Å². The summed E-state index contributed by atoms with van der Waals surface area (Å²) in [4.78, 5) is 11.8. The van der Waals surface area contributed by atoms with Crippen molar-refractivity contribution in [1.29, 1.82) is 0 Å². The molecule has 24 heavy (non-hydrogen) atoms. The van der Waals surface area contributed by atoms with Crippen LogP contribution in [0.25, 0.3) is 6.08 Å². The van der Waals surface area contributed by atoms with Gasteiger partial charge in [0.25, 0.3) is 0 Å². The lowest BCUT2D eigenvalue weighted by Crippen LogP contribution is -2.32. The first-order valence-corrected chi connectivity index (χ1v) is 8.07. The summed E-state index contributed by atoms with van der Waals surface area (Å²) < 4.78 is 5.10. The van der Waals surface area contributed by atoms with Crippen LogP contribution in [0.1, 0.15) is 37.5 Å². The number of thiocarbonyl (C=S) groups is 1. The molecule has 0 aliphatic carbocycles. The lowest BCUT2D eigenvalue weighted by Gasteiger charge is -2.14. The van der Waals surface area contributed by atoms with E-state index in [1.165, 1.54) is 12.3 Å². The largest absolute Gasteiger partial charge is 0.506 e. The van der Waals surface area contributed by atoms with Crippen molar-refractivity contribution >= 4 is 35.0 Å². The molecule has 0 saturated carbocycles. The number of carbonyl (C=O) groups is 1. The number of phenols is 1. The van der Waals surface area contributed by atoms with Crippen LogP contribution >= 0.6 is 12.2 Å². The zero-order valence-electron chi connectivity index (χ0n) is 13.6. The second-order valence-corrected chi connectivity index (χ2v) is 5.79. The number of anilines is 1. The Morgan fingerprint density at radius 3 is 2.88 bits per heavy atom. The highest BCUT2D eigenvalue weighted by Crippen LogP contribution is 2.28. The first-order valence-electron chi connectivity index (χ1n) is 7.66. The van der Waals surface area contributed by atoms with Crippen molar-refractivity contribution in [2.45, 2.75) is 26.2 Å². The monoisotopic (exact) mass is 344 g/mol. The van der Waals surface area contributed by atoms with E-state index in [1.54, 1.807) is 24.3 Å². The van der Waals surface area contributed by atoms with Crippen molar-refractivity contribution in [3.8, 4) is 5.75 Å². The highest BCUT2D eigenvalue weighted by Gasteiger charge is 2.09. The van der Waals surface area contributed by atoms with Crippen LogP contribution in [0.15, 0.2) is 47.1 Å². The Balaban J connectivity index is 1.97. The van der Waals surface area contributed by atoms with Crippen molar-refractivity contribution < 1.29 is 14.3 Å². The molecule has 1 aromatic heterocycles. The van der Waals surface area contributed by atoms with Gasteiger partial charge in [-0.05, 0) is 60.5 Å². The van der Waals surface area contributed by atoms with E-state index >= 15 is 0 Å². The molecule has 126 valence electrons. The number of aromatic hydroxyl groups is 1. The second-order valence-electron chi connectivity index (χ2n) is 5.38. The van der Waals surface area contributed by atoms with Gasteiger partial charge in [-0.25, -0.2) is 0 Å². The minimum atomic E-state index is -0.388. The van der Waals surface area contributed by atoms with E-state index < -0.39 is 0 Å². The van der Waals surface area contributed by atoms with Gasteiger partial charge >= 0.3 is 0 Å². The third-order valence-corrected chi connectivity index (χ3v) is 3.83. The maximum absolute atomic E-state index is 11.8. The molecular formula is C18H20N2O3S. The summed E-state index contributed by atoms with van der Waals surface area (Å²) in [5, 5.41) is 15.4. The Labute approximate surface area is 146 Å². The van der Waals surface area contributed by atoms with E-state index in [2.05, 4.69) is 24.5 Å². The fourth-order valence-electron chi connectivity index (χ4n) is 2.05. The summed E-state index contributed by atoms with van der Waals surface area (Å²) >= 11 is 5.11. The van der Waals surface area contributed by atoms with Gasteiger partial charge in [-0.3, -0.25) is 10.1 Å². The molecule has 6 heteroatoms. The van der Waals surface area contributed by atoms with Gasteiger partial charge in [0, 0.05) is 6.08 Å². The van der Waals surface area contributed by atoms with E-state index in [0.717, 1.165) is 12.0 Å². The third kappa shape index (κ3) is 4.96. The number of benzene rings is 1. The average molecular weight is 344 g/mol. The minimum Gasteiger partial charge on any atom is -0.506 e. The summed E-state index contributed by atoms with van der Waals surface area (Å²) in [6.07, 6.45) is 5.38. The number of phenolic OH excluding ortho intramolecular Hbond substituents is 1. The van der Waals surface area contributed by atoms with Gasteiger partial charge in [0.1, 0.15) is 11.5 Å². The van der Waals surface area contributed by atoms with Crippen LogP contribution in [-0.2, 0) is 4.79 Å². The van der Waals surface area contributed by atoms with Gasteiger partial charge < -0.3 is 14.8 Å².